The molecule has 2 aliphatic rings. The van der Waals surface area contributed by atoms with Gasteiger partial charge >= 0.3 is 0 Å². The number of hydrogen-bond donors (Lipinski definition) is 1. The van der Waals surface area contributed by atoms with Gasteiger partial charge in [-0.15, -0.1) is 0 Å². The molecule has 20 heavy (non-hydrogen) atoms. The van der Waals surface area contributed by atoms with E-state index >= 15 is 0 Å². The highest BCUT2D eigenvalue weighted by Crippen LogP contribution is 2.42. The Labute approximate surface area is 122 Å². The molecular weight excluding hydrogens is 272 g/mol. The minimum atomic E-state index is 0.623. The summed E-state index contributed by atoms with van der Waals surface area (Å²) in [7, 11) is 0. The first kappa shape index (κ1) is 12.2. The van der Waals surface area contributed by atoms with Gasteiger partial charge in [-0.3, -0.25) is 4.98 Å². The summed E-state index contributed by atoms with van der Waals surface area (Å²) in [5.41, 5.74) is 4.54. The van der Waals surface area contributed by atoms with Gasteiger partial charge in [0, 0.05) is 37.2 Å². The number of nitrogens with zero attached hydrogens (tertiary/aromatic N) is 3. The fourth-order valence-electron chi connectivity index (χ4n) is 2.69. The fourth-order valence-corrected chi connectivity index (χ4v) is 2.80. The van der Waals surface area contributed by atoms with Gasteiger partial charge in [-0.1, -0.05) is 11.6 Å². The molecule has 1 aliphatic heterocycles. The molecule has 0 aromatic carbocycles. The lowest BCUT2D eigenvalue weighted by molar-refractivity contribution is 0.617. The van der Waals surface area contributed by atoms with Crippen LogP contribution in [0.2, 0.25) is 5.02 Å². The third kappa shape index (κ3) is 2.19. The van der Waals surface area contributed by atoms with Crippen LogP contribution in [0.5, 0.6) is 0 Å². The van der Waals surface area contributed by atoms with E-state index in [2.05, 4.69) is 10.3 Å². The van der Waals surface area contributed by atoms with Crippen LogP contribution in [0.15, 0.2) is 18.3 Å². The van der Waals surface area contributed by atoms with Crippen molar-refractivity contribution in [3.05, 3.63) is 40.3 Å². The van der Waals surface area contributed by atoms with Gasteiger partial charge in [0.15, 0.2) is 5.82 Å². The number of fused-ring (bicyclic) bond motifs is 1. The Balaban J connectivity index is 1.83. The second kappa shape index (κ2) is 4.79. The molecule has 1 N–H and O–H groups in total. The van der Waals surface area contributed by atoms with Crippen LogP contribution in [0, 0.1) is 0 Å². The predicted octanol–water partition coefficient (Wildman–Crippen LogP) is 2.72. The van der Waals surface area contributed by atoms with E-state index in [1.165, 1.54) is 29.8 Å². The Kier molecular flexibility index (Phi) is 2.93. The van der Waals surface area contributed by atoms with Gasteiger partial charge < -0.3 is 5.32 Å². The number of nitrogens with one attached hydrogen (secondary N) is 1. The number of aromatic nitrogens is 3. The zero-order chi connectivity index (χ0) is 13.5. The highest BCUT2D eigenvalue weighted by molar-refractivity contribution is 6.30. The maximum atomic E-state index is 5.89. The van der Waals surface area contributed by atoms with Gasteiger partial charge in [0.1, 0.15) is 5.69 Å². The van der Waals surface area contributed by atoms with Gasteiger partial charge in [-0.05, 0) is 25.0 Å². The van der Waals surface area contributed by atoms with Crippen LogP contribution >= 0.6 is 11.6 Å². The molecule has 0 amide bonds. The number of pyridine rings is 1. The molecule has 0 bridgehead atoms. The summed E-state index contributed by atoms with van der Waals surface area (Å²) < 4.78 is 0. The van der Waals surface area contributed by atoms with E-state index in [9.17, 15) is 0 Å². The van der Waals surface area contributed by atoms with Crippen molar-refractivity contribution >= 4 is 11.6 Å². The smallest absolute Gasteiger partial charge is 0.178 e. The Hall–Kier alpha value is -1.52. The van der Waals surface area contributed by atoms with Crippen molar-refractivity contribution in [1.29, 1.82) is 0 Å². The van der Waals surface area contributed by atoms with E-state index in [0.29, 0.717) is 10.9 Å². The molecule has 1 aliphatic carbocycles. The minimum Gasteiger partial charge on any atom is -0.312 e. The maximum Gasteiger partial charge on any atom is 0.178 e. The van der Waals surface area contributed by atoms with Crippen molar-refractivity contribution in [3.8, 4) is 11.5 Å². The standard InChI is InChI=1S/C15H15ClN4/c16-10-3-4-13(18-7-10)15-19-12-5-6-17-8-11(12)14(20-15)9-1-2-9/h3-4,7,9,17H,1-2,5-6,8H2. The van der Waals surface area contributed by atoms with Crippen LogP contribution in [0.25, 0.3) is 11.5 Å². The molecule has 0 radical (unpaired) electrons. The Bertz CT molecular complexity index is 650. The van der Waals surface area contributed by atoms with Gasteiger partial charge in [0.05, 0.1) is 16.4 Å². The van der Waals surface area contributed by atoms with Crippen molar-refractivity contribution in [2.24, 2.45) is 0 Å². The normalized spacial score (nSPS) is 17.9. The SMILES string of the molecule is Clc1ccc(-c2nc3c(c(C4CC4)n2)CNCC3)nc1. The monoisotopic (exact) mass is 286 g/mol. The van der Waals surface area contributed by atoms with Crippen LogP contribution in [0.4, 0.5) is 0 Å². The van der Waals surface area contributed by atoms with Crippen molar-refractivity contribution in [2.45, 2.75) is 31.7 Å². The Morgan fingerprint density at radius 3 is 2.85 bits per heavy atom. The van der Waals surface area contributed by atoms with E-state index in [4.69, 9.17) is 21.6 Å². The lowest BCUT2D eigenvalue weighted by Gasteiger charge is -2.20. The molecule has 2 aromatic heterocycles. The van der Waals surface area contributed by atoms with E-state index in [1.807, 2.05) is 12.1 Å². The van der Waals surface area contributed by atoms with Crippen LogP contribution in [0.3, 0.4) is 0 Å². The van der Waals surface area contributed by atoms with E-state index in [0.717, 1.165) is 31.0 Å². The summed E-state index contributed by atoms with van der Waals surface area (Å²) in [6, 6.07) is 3.73. The molecular formula is C15H15ClN4. The highest BCUT2D eigenvalue weighted by Gasteiger charge is 2.30. The summed E-state index contributed by atoms with van der Waals surface area (Å²) in [5, 5.41) is 4.05. The average molecular weight is 287 g/mol. The summed E-state index contributed by atoms with van der Waals surface area (Å²) in [6.45, 7) is 1.89. The molecule has 5 heteroatoms. The van der Waals surface area contributed by atoms with Gasteiger partial charge in [-0.2, -0.15) is 0 Å². The molecule has 0 saturated heterocycles. The lowest BCUT2D eigenvalue weighted by Crippen LogP contribution is -2.26. The zero-order valence-electron chi connectivity index (χ0n) is 11.1. The summed E-state index contributed by atoms with van der Waals surface area (Å²) in [5.74, 6) is 1.36. The first-order valence-corrected chi connectivity index (χ1v) is 7.41. The largest absolute Gasteiger partial charge is 0.312 e. The zero-order valence-corrected chi connectivity index (χ0v) is 11.8. The van der Waals surface area contributed by atoms with Crippen molar-refractivity contribution in [3.63, 3.8) is 0 Å². The Morgan fingerprint density at radius 1 is 1.20 bits per heavy atom. The van der Waals surface area contributed by atoms with Crippen LogP contribution in [-0.4, -0.2) is 21.5 Å². The minimum absolute atomic E-state index is 0.623. The van der Waals surface area contributed by atoms with Crippen molar-refractivity contribution < 1.29 is 0 Å². The summed E-state index contributed by atoms with van der Waals surface area (Å²) >= 11 is 5.89. The van der Waals surface area contributed by atoms with Crippen molar-refractivity contribution in [1.82, 2.24) is 20.3 Å². The fraction of sp³-hybridized carbons (Fsp3) is 0.400. The number of halogens is 1. The molecule has 2 aromatic rings. The summed E-state index contributed by atoms with van der Waals surface area (Å²) in [4.78, 5) is 13.9. The lowest BCUT2D eigenvalue weighted by atomic mass is 10.0. The van der Waals surface area contributed by atoms with E-state index < -0.39 is 0 Å². The van der Waals surface area contributed by atoms with Gasteiger partial charge in [0.25, 0.3) is 0 Å². The number of hydrogen-bond acceptors (Lipinski definition) is 4. The topological polar surface area (TPSA) is 50.7 Å². The van der Waals surface area contributed by atoms with Crippen molar-refractivity contribution in [2.75, 3.05) is 6.54 Å². The van der Waals surface area contributed by atoms with Crippen LogP contribution in [0.1, 0.15) is 35.7 Å². The van der Waals surface area contributed by atoms with E-state index in [-0.39, 0.29) is 0 Å². The molecule has 1 fully saturated rings. The third-order valence-corrected chi connectivity index (χ3v) is 4.11. The Morgan fingerprint density at radius 2 is 2.10 bits per heavy atom. The average Bonchev–Trinajstić information content (AvgIpc) is 3.31. The molecule has 102 valence electrons. The van der Waals surface area contributed by atoms with Gasteiger partial charge in [-0.25, -0.2) is 9.97 Å². The molecule has 0 unspecified atom stereocenters. The molecule has 0 atom stereocenters. The molecule has 1 saturated carbocycles. The van der Waals surface area contributed by atoms with Crippen LogP contribution < -0.4 is 5.32 Å². The first-order chi connectivity index (χ1) is 9.81. The maximum absolute atomic E-state index is 5.89. The molecule has 0 spiro atoms. The van der Waals surface area contributed by atoms with Gasteiger partial charge in [0.2, 0.25) is 0 Å². The van der Waals surface area contributed by atoms with Crippen LogP contribution in [-0.2, 0) is 13.0 Å². The molecule has 3 heterocycles. The third-order valence-electron chi connectivity index (χ3n) is 3.89. The predicted molar refractivity (Wildman–Crippen MR) is 77.7 cm³/mol. The first-order valence-electron chi connectivity index (χ1n) is 7.03. The molecule has 4 rings (SSSR count). The second-order valence-corrected chi connectivity index (χ2v) is 5.86. The summed E-state index contributed by atoms with van der Waals surface area (Å²) in [6.07, 6.45) is 5.12. The van der Waals surface area contributed by atoms with E-state index in [1.54, 1.807) is 6.20 Å². The molecule has 4 nitrogen and oxygen atoms in total. The quantitative estimate of drug-likeness (QED) is 0.922. The second-order valence-electron chi connectivity index (χ2n) is 5.42. The highest BCUT2D eigenvalue weighted by atomic mass is 35.5. The number of rotatable bonds is 2.